The first-order chi connectivity index (χ1) is 9.13. The summed E-state index contributed by atoms with van der Waals surface area (Å²) in [6.45, 7) is 0.305. The van der Waals surface area contributed by atoms with Crippen LogP contribution in [0.1, 0.15) is 16.1 Å². The first-order valence-electron chi connectivity index (χ1n) is 5.80. The Balaban J connectivity index is 1.83. The number of esters is 2. The van der Waals surface area contributed by atoms with Gasteiger partial charge in [0, 0.05) is 16.8 Å². The van der Waals surface area contributed by atoms with E-state index in [1.165, 1.54) is 11.3 Å². The van der Waals surface area contributed by atoms with Crippen molar-refractivity contribution in [3.8, 4) is 0 Å². The van der Waals surface area contributed by atoms with Gasteiger partial charge in [0.1, 0.15) is 4.88 Å². The molecule has 1 aromatic carbocycles. The molecular formula is C13H11NO4S. The fraction of sp³-hybridized carbons (Fsp3) is 0.231. The topological polar surface area (TPSA) is 78.6 Å². The monoisotopic (exact) mass is 277 g/mol. The van der Waals surface area contributed by atoms with Crippen LogP contribution in [-0.4, -0.2) is 24.6 Å². The molecule has 0 aliphatic carbocycles. The molecule has 6 heteroatoms. The minimum absolute atomic E-state index is 0.305. The molecule has 0 amide bonds. The summed E-state index contributed by atoms with van der Waals surface area (Å²) in [5.74, 6) is -0.970. The standard InChI is InChI=1S/C13H11NO4S/c14-8-1-2-10-7(5-8)6-11(19-10)13(16)18-9-3-4-17-12(9)15/h1-2,5-6,9H,3-4,14H2. The molecule has 1 saturated heterocycles. The van der Waals surface area contributed by atoms with Gasteiger partial charge in [0.2, 0.25) is 6.10 Å². The van der Waals surface area contributed by atoms with Crippen molar-refractivity contribution in [1.29, 1.82) is 0 Å². The van der Waals surface area contributed by atoms with Crippen LogP contribution in [0.25, 0.3) is 10.1 Å². The maximum Gasteiger partial charge on any atom is 0.349 e. The van der Waals surface area contributed by atoms with Crippen LogP contribution in [0.4, 0.5) is 5.69 Å². The summed E-state index contributed by atoms with van der Waals surface area (Å²) in [4.78, 5) is 23.7. The van der Waals surface area contributed by atoms with Gasteiger partial charge in [0.25, 0.3) is 0 Å². The third kappa shape index (κ3) is 2.26. The average molecular weight is 277 g/mol. The summed E-state index contributed by atoms with van der Waals surface area (Å²) in [5.41, 5.74) is 6.33. The molecule has 2 aromatic rings. The average Bonchev–Trinajstić information content (AvgIpc) is 2.96. The summed E-state index contributed by atoms with van der Waals surface area (Å²) >= 11 is 1.32. The van der Waals surface area contributed by atoms with Crippen molar-refractivity contribution >= 4 is 39.0 Å². The second kappa shape index (κ2) is 4.55. The van der Waals surface area contributed by atoms with Crippen LogP contribution >= 0.6 is 11.3 Å². The lowest BCUT2D eigenvalue weighted by atomic mass is 10.2. The van der Waals surface area contributed by atoms with Gasteiger partial charge >= 0.3 is 11.9 Å². The van der Waals surface area contributed by atoms with Crippen LogP contribution in [0.3, 0.4) is 0 Å². The molecule has 1 aliphatic rings. The molecule has 19 heavy (non-hydrogen) atoms. The number of thiophene rings is 1. The first-order valence-corrected chi connectivity index (χ1v) is 6.62. The van der Waals surface area contributed by atoms with Gasteiger partial charge in [-0.2, -0.15) is 0 Å². The molecule has 5 nitrogen and oxygen atoms in total. The van der Waals surface area contributed by atoms with E-state index in [0.717, 1.165) is 10.1 Å². The first kappa shape index (κ1) is 12.0. The zero-order valence-corrected chi connectivity index (χ0v) is 10.7. The number of anilines is 1. The summed E-state index contributed by atoms with van der Waals surface area (Å²) in [6.07, 6.45) is -0.356. The van der Waals surface area contributed by atoms with Crippen LogP contribution in [-0.2, 0) is 14.3 Å². The van der Waals surface area contributed by atoms with E-state index in [-0.39, 0.29) is 0 Å². The second-order valence-electron chi connectivity index (χ2n) is 4.26. The maximum absolute atomic E-state index is 11.9. The Morgan fingerprint density at radius 1 is 1.42 bits per heavy atom. The zero-order chi connectivity index (χ0) is 13.4. The van der Waals surface area contributed by atoms with E-state index in [4.69, 9.17) is 15.2 Å². The van der Waals surface area contributed by atoms with Gasteiger partial charge in [-0.3, -0.25) is 0 Å². The lowest BCUT2D eigenvalue weighted by Gasteiger charge is -2.06. The number of ether oxygens (including phenoxy) is 2. The molecule has 2 heterocycles. The molecule has 1 fully saturated rings. The Kier molecular flexibility index (Phi) is 2.87. The highest BCUT2D eigenvalue weighted by Crippen LogP contribution is 2.28. The molecule has 0 bridgehead atoms. The number of nitrogens with two attached hydrogens (primary N) is 1. The van der Waals surface area contributed by atoms with Crippen LogP contribution in [0, 0.1) is 0 Å². The fourth-order valence-corrected chi connectivity index (χ4v) is 2.86. The molecule has 98 valence electrons. The van der Waals surface area contributed by atoms with Crippen LogP contribution in [0.15, 0.2) is 24.3 Å². The van der Waals surface area contributed by atoms with E-state index in [1.54, 1.807) is 18.2 Å². The maximum atomic E-state index is 11.9. The smallest absolute Gasteiger partial charge is 0.349 e. The predicted octanol–water partition coefficient (Wildman–Crippen LogP) is 1.96. The number of fused-ring (bicyclic) bond motifs is 1. The van der Waals surface area contributed by atoms with Crippen LogP contribution < -0.4 is 5.73 Å². The largest absolute Gasteiger partial charge is 0.463 e. The van der Waals surface area contributed by atoms with Crippen molar-refractivity contribution in [1.82, 2.24) is 0 Å². The van der Waals surface area contributed by atoms with Crippen molar-refractivity contribution in [2.75, 3.05) is 12.3 Å². The van der Waals surface area contributed by atoms with Crippen molar-refractivity contribution in [2.24, 2.45) is 0 Å². The van der Waals surface area contributed by atoms with Gasteiger partial charge in [-0.05, 0) is 29.7 Å². The van der Waals surface area contributed by atoms with E-state index in [9.17, 15) is 9.59 Å². The Bertz CT molecular complexity index is 664. The number of nitrogen functional groups attached to an aromatic ring is 1. The highest BCUT2D eigenvalue weighted by Gasteiger charge is 2.30. The normalized spacial score (nSPS) is 18.5. The Morgan fingerprint density at radius 3 is 3.00 bits per heavy atom. The van der Waals surface area contributed by atoms with Crippen LogP contribution in [0.2, 0.25) is 0 Å². The van der Waals surface area contributed by atoms with E-state index >= 15 is 0 Å². The Morgan fingerprint density at radius 2 is 2.26 bits per heavy atom. The number of carbonyl (C=O) groups is 2. The Hall–Kier alpha value is -2.08. The molecule has 0 radical (unpaired) electrons. The number of cyclic esters (lactones) is 1. The Labute approximate surface area is 112 Å². The summed E-state index contributed by atoms with van der Waals surface area (Å²) in [5, 5.41) is 0.894. The van der Waals surface area contributed by atoms with Crippen molar-refractivity contribution in [3.63, 3.8) is 0 Å². The summed E-state index contributed by atoms with van der Waals surface area (Å²) in [7, 11) is 0. The third-order valence-corrected chi connectivity index (χ3v) is 3.97. The van der Waals surface area contributed by atoms with Gasteiger partial charge in [-0.15, -0.1) is 11.3 Å². The van der Waals surface area contributed by atoms with Gasteiger partial charge in [-0.1, -0.05) is 0 Å². The molecule has 2 N–H and O–H groups in total. The minimum atomic E-state index is -0.775. The third-order valence-electron chi connectivity index (χ3n) is 2.88. The quantitative estimate of drug-likeness (QED) is 0.670. The molecule has 1 aromatic heterocycles. The van der Waals surface area contributed by atoms with Crippen LogP contribution in [0.5, 0.6) is 0 Å². The lowest BCUT2D eigenvalue weighted by molar-refractivity contribution is -0.145. The molecule has 0 spiro atoms. The number of hydrogen-bond acceptors (Lipinski definition) is 6. The summed E-state index contributed by atoms with van der Waals surface area (Å²) < 4.78 is 10.8. The van der Waals surface area contributed by atoms with Gasteiger partial charge in [-0.25, -0.2) is 9.59 Å². The highest BCUT2D eigenvalue weighted by atomic mass is 32.1. The fourth-order valence-electron chi connectivity index (χ4n) is 1.93. The molecule has 3 rings (SSSR count). The highest BCUT2D eigenvalue weighted by molar-refractivity contribution is 7.20. The van der Waals surface area contributed by atoms with E-state index < -0.39 is 18.0 Å². The number of benzene rings is 1. The van der Waals surface area contributed by atoms with Crippen molar-refractivity contribution < 1.29 is 19.1 Å². The van der Waals surface area contributed by atoms with Crippen molar-refractivity contribution in [2.45, 2.75) is 12.5 Å². The van der Waals surface area contributed by atoms with Crippen molar-refractivity contribution in [3.05, 3.63) is 29.1 Å². The zero-order valence-electron chi connectivity index (χ0n) is 9.92. The van der Waals surface area contributed by atoms with Gasteiger partial charge < -0.3 is 15.2 Å². The molecule has 0 saturated carbocycles. The lowest BCUT2D eigenvalue weighted by Crippen LogP contribution is -2.22. The molecular weight excluding hydrogens is 266 g/mol. The molecule has 1 aliphatic heterocycles. The second-order valence-corrected chi connectivity index (χ2v) is 5.34. The van der Waals surface area contributed by atoms with Gasteiger partial charge in [0.05, 0.1) is 6.61 Å². The van der Waals surface area contributed by atoms with E-state index in [2.05, 4.69) is 0 Å². The van der Waals surface area contributed by atoms with E-state index in [1.807, 2.05) is 6.07 Å². The SMILES string of the molecule is Nc1ccc2sc(C(=O)OC3CCOC3=O)cc2c1. The number of rotatable bonds is 2. The minimum Gasteiger partial charge on any atom is -0.463 e. The van der Waals surface area contributed by atoms with Gasteiger partial charge in [0.15, 0.2) is 0 Å². The molecule has 1 unspecified atom stereocenters. The molecule has 1 atom stereocenters. The predicted molar refractivity (Wildman–Crippen MR) is 71.0 cm³/mol. The van der Waals surface area contributed by atoms with E-state index in [0.29, 0.717) is 23.6 Å². The summed E-state index contributed by atoms with van der Waals surface area (Å²) in [6, 6.07) is 7.16. The number of carbonyl (C=O) groups excluding carboxylic acids is 2. The number of hydrogen-bond donors (Lipinski definition) is 1.